The van der Waals surface area contributed by atoms with Crippen molar-refractivity contribution in [3.63, 3.8) is 0 Å². The summed E-state index contributed by atoms with van der Waals surface area (Å²) in [5.74, 6) is -0.110. The van der Waals surface area contributed by atoms with E-state index in [1.165, 1.54) is 11.0 Å². The summed E-state index contributed by atoms with van der Waals surface area (Å²) < 4.78 is 4.64. The summed E-state index contributed by atoms with van der Waals surface area (Å²) in [6.45, 7) is 4.55. The van der Waals surface area contributed by atoms with Gasteiger partial charge in [0.25, 0.3) is 0 Å². The lowest BCUT2D eigenvalue weighted by Gasteiger charge is -2.13. The highest BCUT2D eigenvalue weighted by molar-refractivity contribution is 5.83. The van der Waals surface area contributed by atoms with Crippen molar-refractivity contribution in [1.82, 2.24) is 34.3 Å². The van der Waals surface area contributed by atoms with Crippen LogP contribution in [0.1, 0.15) is 18.9 Å². The maximum absolute atomic E-state index is 12.9. The van der Waals surface area contributed by atoms with Crippen molar-refractivity contribution in [2.75, 3.05) is 0 Å². The topological polar surface area (TPSA) is 99.1 Å². The van der Waals surface area contributed by atoms with Crippen molar-refractivity contribution in [2.45, 2.75) is 39.4 Å². The zero-order valence-corrected chi connectivity index (χ0v) is 15.7. The maximum atomic E-state index is 12.9. The van der Waals surface area contributed by atoms with Gasteiger partial charge >= 0.3 is 5.69 Å². The Labute approximate surface area is 160 Å². The number of carbonyl (C=O) groups is 1. The number of fused-ring (bicyclic) bond motifs is 3. The molecule has 0 spiro atoms. The molecule has 1 aromatic carbocycles. The van der Waals surface area contributed by atoms with Crippen LogP contribution in [0, 0.1) is 6.92 Å². The average Bonchev–Trinajstić information content (AvgIpc) is 3.29. The minimum atomic E-state index is -0.238. The van der Waals surface area contributed by atoms with Gasteiger partial charge in [0.1, 0.15) is 12.7 Å². The van der Waals surface area contributed by atoms with Crippen molar-refractivity contribution >= 4 is 22.5 Å². The van der Waals surface area contributed by atoms with E-state index in [4.69, 9.17) is 0 Å². The van der Waals surface area contributed by atoms with Crippen LogP contribution in [-0.2, 0) is 17.9 Å². The van der Waals surface area contributed by atoms with Gasteiger partial charge in [0.2, 0.25) is 5.91 Å². The van der Waals surface area contributed by atoms with Crippen molar-refractivity contribution < 1.29 is 4.79 Å². The summed E-state index contributed by atoms with van der Waals surface area (Å²) in [4.78, 5) is 28.9. The highest BCUT2D eigenvalue weighted by atomic mass is 16.2. The molecule has 144 valence electrons. The zero-order valence-electron chi connectivity index (χ0n) is 15.7. The van der Waals surface area contributed by atoms with Crippen LogP contribution >= 0.6 is 0 Å². The molecule has 9 heteroatoms. The first kappa shape index (κ1) is 17.9. The number of amides is 1. The minimum Gasteiger partial charge on any atom is -0.352 e. The molecule has 0 fully saturated rings. The van der Waals surface area contributed by atoms with Crippen LogP contribution in [0.2, 0.25) is 0 Å². The molecule has 1 atom stereocenters. The lowest BCUT2D eigenvalue weighted by molar-refractivity contribution is -0.122. The average molecular weight is 379 g/mol. The van der Waals surface area contributed by atoms with E-state index in [2.05, 4.69) is 20.5 Å². The summed E-state index contributed by atoms with van der Waals surface area (Å²) in [6, 6.07) is 9.52. The van der Waals surface area contributed by atoms with E-state index in [0.29, 0.717) is 18.7 Å². The summed E-state index contributed by atoms with van der Waals surface area (Å²) in [5, 5.41) is 12.4. The molecular formula is C19H21N7O2. The Morgan fingerprint density at radius 1 is 1.29 bits per heavy atom. The third-order valence-corrected chi connectivity index (χ3v) is 4.63. The standard InChI is InChI=1S/C19H21N7O2/c1-13-9-15-5-3-4-6-16(15)26-18(13)23-25(19(26)28)10-14(2)22-17(27)7-8-24-12-20-11-21-24/h3-6,9,11-12,14H,7-8,10H2,1-2H3,(H,22,27)/t14-/m0/s1. The second-order valence-electron chi connectivity index (χ2n) is 6.89. The van der Waals surface area contributed by atoms with Gasteiger partial charge in [-0.25, -0.2) is 18.9 Å². The van der Waals surface area contributed by atoms with E-state index >= 15 is 0 Å². The second kappa shape index (κ2) is 7.26. The number of aryl methyl sites for hydroxylation is 2. The fourth-order valence-corrected chi connectivity index (χ4v) is 3.33. The molecule has 0 radical (unpaired) electrons. The SMILES string of the molecule is Cc1cc2ccccc2n2c(=O)n(C[C@H](C)NC(=O)CCn3cncn3)nc12. The van der Waals surface area contributed by atoms with Gasteiger partial charge in [0, 0.05) is 12.5 Å². The number of para-hydroxylation sites is 1. The molecule has 3 aromatic heterocycles. The number of aromatic nitrogens is 6. The number of benzene rings is 1. The Balaban J connectivity index is 1.52. The fraction of sp³-hybridized carbons (Fsp3) is 0.316. The Bertz CT molecular complexity index is 1190. The molecule has 28 heavy (non-hydrogen) atoms. The highest BCUT2D eigenvalue weighted by Crippen LogP contribution is 2.17. The number of carbonyl (C=O) groups excluding carboxylic acids is 1. The van der Waals surface area contributed by atoms with Gasteiger partial charge in [-0.15, -0.1) is 5.10 Å². The monoisotopic (exact) mass is 379 g/mol. The van der Waals surface area contributed by atoms with Crippen molar-refractivity contribution in [3.8, 4) is 0 Å². The van der Waals surface area contributed by atoms with Gasteiger partial charge < -0.3 is 5.32 Å². The third-order valence-electron chi connectivity index (χ3n) is 4.63. The van der Waals surface area contributed by atoms with Crippen molar-refractivity contribution in [2.24, 2.45) is 0 Å². The van der Waals surface area contributed by atoms with E-state index < -0.39 is 0 Å². The molecule has 3 heterocycles. The van der Waals surface area contributed by atoms with Crippen molar-refractivity contribution in [3.05, 3.63) is 59.0 Å². The largest absolute Gasteiger partial charge is 0.352 e. The molecule has 0 saturated heterocycles. The van der Waals surface area contributed by atoms with E-state index in [-0.39, 0.29) is 24.1 Å². The molecule has 0 bridgehead atoms. The summed E-state index contributed by atoms with van der Waals surface area (Å²) in [6.07, 6.45) is 3.29. The molecule has 0 unspecified atom stereocenters. The summed E-state index contributed by atoms with van der Waals surface area (Å²) in [5.41, 5.74) is 2.18. The minimum absolute atomic E-state index is 0.110. The summed E-state index contributed by atoms with van der Waals surface area (Å²) in [7, 11) is 0. The Morgan fingerprint density at radius 2 is 2.11 bits per heavy atom. The zero-order chi connectivity index (χ0) is 19.7. The van der Waals surface area contributed by atoms with Crippen LogP contribution in [-0.4, -0.2) is 40.9 Å². The number of rotatable bonds is 6. The maximum Gasteiger partial charge on any atom is 0.350 e. The second-order valence-corrected chi connectivity index (χ2v) is 6.89. The molecule has 0 aliphatic carbocycles. The lowest BCUT2D eigenvalue weighted by Crippen LogP contribution is -2.38. The number of hydrogen-bond acceptors (Lipinski definition) is 5. The molecule has 0 aliphatic heterocycles. The smallest absolute Gasteiger partial charge is 0.350 e. The van der Waals surface area contributed by atoms with Crippen LogP contribution in [0.15, 0.2) is 47.8 Å². The lowest BCUT2D eigenvalue weighted by atomic mass is 10.1. The molecular weight excluding hydrogens is 358 g/mol. The van der Waals surface area contributed by atoms with E-state index in [1.54, 1.807) is 15.4 Å². The number of nitrogens with one attached hydrogen (secondary N) is 1. The van der Waals surface area contributed by atoms with E-state index in [9.17, 15) is 9.59 Å². The third kappa shape index (κ3) is 3.38. The normalized spacial score (nSPS) is 12.5. The quantitative estimate of drug-likeness (QED) is 0.542. The number of pyridine rings is 1. The van der Waals surface area contributed by atoms with Gasteiger partial charge in [-0.2, -0.15) is 5.10 Å². The van der Waals surface area contributed by atoms with Crippen LogP contribution < -0.4 is 11.0 Å². The predicted molar refractivity (Wildman–Crippen MR) is 104 cm³/mol. The first-order valence-electron chi connectivity index (χ1n) is 9.12. The van der Waals surface area contributed by atoms with E-state index in [0.717, 1.165) is 16.5 Å². The van der Waals surface area contributed by atoms with Crippen LogP contribution in [0.3, 0.4) is 0 Å². The number of hydrogen-bond donors (Lipinski definition) is 1. The van der Waals surface area contributed by atoms with Gasteiger partial charge in [-0.05, 0) is 36.9 Å². The first-order valence-corrected chi connectivity index (χ1v) is 9.12. The Kier molecular flexibility index (Phi) is 4.64. The van der Waals surface area contributed by atoms with Crippen molar-refractivity contribution in [1.29, 1.82) is 0 Å². The molecule has 1 N–H and O–H groups in total. The Morgan fingerprint density at radius 3 is 2.89 bits per heavy atom. The molecule has 4 rings (SSSR count). The molecule has 1 amide bonds. The van der Waals surface area contributed by atoms with Gasteiger partial charge in [0.15, 0.2) is 5.65 Å². The Hall–Kier alpha value is -3.49. The van der Waals surface area contributed by atoms with Gasteiger partial charge in [0.05, 0.1) is 18.6 Å². The highest BCUT2D eigenvalue weighted by Gasteiger charge is 2.15. The van der Waals surface area contributed by atoms with Crippen LogP contribution in [0.4, 0.5) is 0 Å². The molecule has 9 nitrogen and oxygen atoms in total. The first-order chi connectivity index (χ1) is 13.5. The predicted octanol–water partition coefficient (Wildman–Crippen LogP) is 1.14. The molecule has 0 aliphatic rings. The summed E-state index contributed by atoms with van der Waals surface area (Å²) >= 11 is 0. The van der Waals surface area contributed by atoms with E-state index in [1.807, 2.05) is 44.2 Å². The van der Waals surface area contributed by atoms with Gasteiger partial charge in [-0.1, -0.05) is 18.2 Å². The molecule has 4 aromatic rings. The van der Waals surface area contributed by atoms with Crippen LogP contribution in [0.25, 0.3) is 16.6 Å². The fourth-order valence-electron chi connectivity index (χ4n) is 3.33. The number of nitrogens with zero attached hydrogens (tertiary/aromatic N) is 6. The van der Waals surface area contributed by atoms with Gasteiger partial charge in [-0.3, -0.25) is 9.48 Å². The molecule has 0 saturated carbocycles. The van der Waals surface area contributed by atoms with Crippen LogP contribution in [0.5, 0.6) is 0 Å².